The van der Waals surface area contributed by atoms with Crippen molar-refractivity contribution in [1.82, 2.24) is 0 Å². The van der Waals surface area contributed by atoms with Crippen LogP contribution < -0.4 is 10.2 Å². The van der Waals surface area contributed by atoms with Gasteiger partial charge in [-0.1, -0.05) is 35.5 Å². The fourth-order valence-corrected chi connectivity index (χ4v) is 3.57. The zero-order chi connectivity index (χ0) is 19.6. The molecule has 2 aromatic carbocycles. The van der Waals surface area contributed by atoms with Gasteiger partial charge < -0.3 is 5.32 Å². The van der Waals surface area contributed by atoms with Crippen LogP contribution in [0, 0.1) is 0 Å². The number of anilines is 2. The molecule has 0 spiro atoms. The zero-order valence-corrected chi connectivity index (χ0v) is 15.3. The second-order valence-corrected chi connectivity index (χ2v) is 7.03. The lowest BCUT2D eigenvalue weighted by Gasteiger charge is -2.15. The van der Waals surface area contributed by atoms with E-state index in [0.29, 0.717) is 5.69 Å². The van der Waals surface area contributed by atoms with Gasteiger partial charge in [0.2, 0.25) is 11.8 Å². The first kappa shape index (κ1) is 19.3. The summed E-state index contributed by atoms with van der Waals surface area (Å²) in [5.74, 6) is -3.93. The summed E-state index contributed by atoms with van der Waals surface area (Å²) in [5, 5.41) is 2.64. The number of halogens is 3. The monoisotopic (exact) mass is 410 g/mol. The van der Waals surface area contributed by atoms with Crippen LogP contribution in [0.5, 0.6) is 0 Å². The highest BCUT2D eigenvalue weighted by Crippen LogP contribution is 2.37. The van der Waals surface area contributed by atoms with E-state index in [1.165, 1.54) is 36.4 Å². The van der Waals surface area contributed by atoms with Crippen molar-refractivity contribution in [3.05, 3.63) is 53.1 Å². The molecule has 1 fully saturated rings. The van der Waals surface area contributed by atoms with Gasteiger partial charge in [0.05, 0.1) is 21.3 Å². The van der Waals surface area contributed by atoms with Gasteiger partial charge in [0.25, 0.3) is 11.7 Å². The molecule has 9 heteroatoms. The Morgan fingerprint density at radius 1 is 1.11 bits per heavy atom. The molecule has 140 valence electrons. The summed E-state index contributed by atoms with van der Waals surface area (Å²) in [5.41, 5.74) is 0.618. The van der Waals surface area contributed by atoms with Gasteiger partial charge in [-0.05, 0) is 30.3 Å². The Hall–Kier alpha value is -2.45. The average molecular weight is 411 g/mol. The molecule has 0 bridgehead atoms. The van der Waals surface area contributed by atoms with E-state index in [4.69, 9.17) is 11.6 Å². The first-order valence-corrected chi connectivity index (χ1v) is 9.13. The molecule has 3 rings (SSSR count). The summed E-state index contributed by atoms with van der Waals surface area (Å²) < 4.78 is 25.5. The van der Waals surface area contributed by atoms with Gasteiger partial charge in [-0.15, -0.1) is 0 Å². The standard InChI is InChI=1S/C18H13ClF2N2O3S/c19-12-5-2-6-13(16(12)27-18(20)21)22-17(26)10-3-1-4-11(9-10)23-14(24)7-8-15(23)25/h1-6,9,18H,7-8H2,(H,22,26). The number of rotatable bonds is 5. The van der Waals surface area contributed by atoms with Gasteiger partial charge in [-0.25, -0.2) is 0 Å². The van der Waals surface area contributed by atoms with E-state index in [1.54, 1.807) is 6.07 Å². The Morgan fingerprint density at radius 3 is 2.44 bits per heavy atom. The Morgan fingerprint density at radius 2 is 1.78 bits per heavy atom. The van der Waals surface area contributed by atoms with Crippen LogP contribution in [0.4, 0.5) is 20.2 Å². The minimum atomic E-state index is -2.70. The largest absolute Gasteiger partial charge is 0.321 e. The molecule has 0 atom stereocenters. The number of amides is 3. The molecule has 27 heavy (non-hydrogen) atoms. The van der Waals surface area contributed by atoms with Gasteiger partial charge in [0, 0.05) is 18.4 Å². The van der Waals surface area contributed by atoms with E-state index in [0.717, 1.165) is 4.90 Å². The first-order chi connectivity index (χ1) is 12.9. The Bertz CT molecular complexity index is 907. The number of hydrogen-bond acceptors (Lipinski definition) is 4. The number of alkyl halides is 2. The maximum atomic E-state index is 12.8. The maximum absolute atomic E-state index is 12.8. The molecule has 5 nitrogen and oxygen atoms in total. The van der Waals surface area contributed by atoms with E-state index in [9.17, 15) is 23.2 Å². The van der Waals surface area contributed by atoms with Crippen molar-refractivity contribution in [2.45, 2.75) is 23.5 Å². The lowest BCUT2D eigenvalue weighted by Crippen LogP contribution is -2.28. The molecule has 0 aromatic heterocycles. The number of nitrogens with one attached hydrogen (secondary N) is 1. The summed E-state index contributed by atoms with van der Waals surface area (Å²) in [6.45, 7) is 0. The zero-order valence-electron chi connectivity index (χ0n) is 13.7. The minimum absolute atomic E-state index is 0.0589. The first-order valence-electron chi connectivity index (χ1n) is 7.87. The molecule has 3 amide bonds. The molecule has 0 saturated carbocycles. The average Bonchev–Trinajstić information content (AvgIpc) is 2.96. The Balaban J connectivity index is 1.86. The smallest absolute Gasteiger partial charge is 0.289 e. The van der Waals surface area contributed by atoms with Crippen molar-refractivity contribution in [2.75, 3.05) is 10.2 Å². The highest BCUT2D eigenvalue weighted by atomic mass is 35.5. The van der Waals surface area contributed by atoms with Crippen molar-refractivity contribution < 1.29 is 23.2 Å². The van der Waals surface area contributed by atoms with E-state index in [1.807, 2.05) is 0 Å². The van der Waals surface area contributed by atoms with Crippen LogP contribution in [-0.2, 0) is 9.59 Å². The Kier molecular flexibility index (Phi) is 5.76. The molecule has 1 heterocycles. The molecule has 0 radical (unpaired) electrons. The molecule has 1 saturated heterocycles. The Labute approximate surface area is 162 Å². The molecule has 1 aliphatic rings. The van der Waals surface area contributed by atoms with Crippen LogP contribution in [0.2, 0.25) is 5.02 Å². The summed E-state index contributed by atoms with van der Waals surface area (Å²) in [6, 6.07) is 10.4. The minimum Gasteiger partial charge on any atom is -0.321 e. The van der Waals surface area contributed by atoms with Crippen molar-refractivity contribution >= 4 is 52.5 Å². The predicted octanol–water partition coefficient (Wildman–Crippen LogP) is 4.56. The normalized spacial score (nSPS) is 14.1. The third-order valence-corrected chi connectivity index (χ3v) is 5.12. The summed E-state index contributed by atoms with van der Waals surface area (Å²) in [4.78, 5) is 37.4. The number of imide groups is 1. The van der Waals surface area contributed by atoms with E-state index in [-0.39, 0.29) is 57.6 Å². The quantitative estimate of drug-likeness (QED) is 0.579. The van der Waals surface area contributed by atoms with Crippen LogP contribution in [0.3, 0.4) is 0 Å². The van der Waals surface area contributed by atoms with Gasteiger partial charge in [0.15, 0.2) is 0 Å². The molecular formula is C18H13ClF2N2O3S. The highest BCUT2D eigenvalue weighted by Gasteiger charge is 2.30. The third kappa shape index (κ3) is 4.28. The van der Waals surface area contributed by atoms with E-state index < -0.39 is 11.7 Å². The summed E-state index contributed by atoms with van der Waals surface area (Å²) in [6.07, 6.45) is 0.262. The fourth-order valence-electron chi connectivity index (χ4n) is 2.66. The van der Waals surface area contributed by atoms with Gasteiger partial charge >= 0.3 is 0 Å². The van der Waals surface area contributed by atoms with E-state index in [2.05, 4.69) is 5.32 Å². The SMILES string of the molecule is O=C(Nc1cccc(Cl)c1SC(F)F)c1cccc(N2C(=O)CCC2=O)c1. The topological polar surface area (TPSA) is 66.5 Å². The summed E-state index contributed by atoms with van der Waals surface area (Å²) >= 11 is 6.19. The number of benzene rings is 2. The van der Waals surface area contributed by atoms with Crippen molar-refractivity contribution in [3.63, 3.8) is 0 Å². The van der Waals surface area contributed by atoms with Crippen LogP contribution in [-0.4, -0.2) is 23.5 Å². The summed E-state index contributed by atoms with van der Waals surface area (Å²) in [7, 11) is 0. The van der Waals surface area contributed by atoms with Gasteiger partial charge in [0.1, 0.15) is 0 Å². The molecule has 0 aliphatic carbocycles. The number of nitrogens with zero attached hydrogens (tertiary/aromatic N) is 1. The fraction of sp³-hybridized carbons (Fsp3) is 0.167. The third-order valence-electron chi connectivity index (χ3n) is 3.84. The van der Waals surface area contributed by atoms with Gasteiger partial charge in [-0.2, -0.15) is 8.78 Å². The molecule has 1 N–H and O–H groups in total. The van der Waals surface area contributed by atoms with Crippen LogP contribution >= 0.6 is 23.4 Å². The maximum Gasteiger partial charge on any atom is 0.289 e. The number of thioether (sulfide) groups is 1. The number of carbonyl (C=O) groups is 3. The number of hydrogen-bond donors (Lipinski definition) is 1. The molecular weight excluding hydrogens is 398 g/mol. The van der Waals surface area contributed by atoms with Crippen molar-refractivity contribution in [2.24, 2.45) is 0 Å². The lowest BCUT2D eigenvalue weighted by atomic mass is 10.1. The predicted molar refractivity (Wildman–Crippen MR) is 99.4 cm³/mol. The van der Waals surface area contributed by atoms with Crippen LogP contribution in [0.15, 0.2) is 47.4 Å². The number of carbonyl (C=O) groups excluding carboxylic acids is 3. The van der Waals surface area contributed by atoms with Crippen molar-refractivity contribution in [3.8, 4) is 0 Å². The molecule has 2 aromatic rings. The molecule has 1 aliphatic heterocycles. The second-order valence-electron chi connectivity index (χ2n) is 5.62. The van der Waals surface area contributed by atoms with Crippen molar-refractivity contribution in [1.29, 1.82) is 0 Å². The highest BCUT2D eigenvalue weighted by molar-refractivity contribution is 7.99. The van der Waals surface area contributed by atoms with Crippen LogP contribution in [0.1, 0.15) is 23.2 Å². The van der Waals surface area contributed by atoms with Crippen LogP contribution in [0.25, 0.3) is 0 Å². The molecule has 0 unspecified atom stereocenters. The van der Waals surface area contributed by atoms with Gasteiger partial charge in [-0.3, -0.25) is 19.3 Å². The van der Waals surface area contributed by atoms with E-state index >= 15 is 0 Å². The second kappa shape index (κ2) is 8.06. The lowest BCUT2D eigenvalue weighted by molar-refractivity contribution is -0.121.